The van der Waals surface area contributed by atoms with E-state index >= 15 is 0 Å². The van der Waals surface area contributed by atoms with E-state index in [-0.39, 0.29) is 30.0 Å². The molecule has 0 saturated carbocycles. The van der Waals surface area contributed by atoms with Gasteiger partial charge in [0.1, 0.15) is 5.82 Å². The van der Waals surface area contributed by atoms with E-state index in [1.807, 2.05) is 42.5 Å². The lowest BCUT2D eigenvalue weighted by Gasteiger charge is -2.36. The number of benzene rings is 2. The quantitative estimate of drug-likeness (QED) is 0.678. The highest BCUT2D eigenvalue weighted by Gasteiger charge is 2.56. The van der Waals surface area contributed by atoms with Gasteiger partial charge in [-0.05, 0) is 43.4 Å². The number of nitrogens with one attached hydrogen (secondary N) is 1. The van der Waals surface area contributed by atoms with Gasteiger partial charge in [-0.15, -0.1) is 0 Å². The number of carbonyl (C=O) groups is 1. The summed E-state index contributed by atoms with van der Waals surface area (Å²) in [6.45, 7) is 0.135. The fraction of sp³-hybridized carbons (Fsp3) is 0.417. The summed E-state index contributed by atoms with van der Waals surface area (Å²) >= 11 is 0. The van der Waals surface area contributed by atoms with Gasteiger partial charge in [0, 0.05) is 30.3 Å². The van der Waals surface area contributed by atoms with Gasteiger partial charge in [0.2, 0.25) is 5.91 Å². The minimum atomic E-state index is -0.209. The number of nitrogens with zero attached hydrogens (tertiary/aromatic N) is 2. The molecule has 1 amide bonds. The Hall–Kier alpha value is -2.66. The lowest BCUT2D eigenvalue weighted by Crippen LogP contribution is -2.44. The number of aliphatic hydroxyl groups excluding tert-OH is 1. The van der Waals surface area contributed by atoms with Crippen molar-refractivity contribution in [2.75, 3.05) is 6.61 Å². The second-order valence-electron chi connectivity index (χ2n) is 8.64. The molecule has 2 fully saturated rings. The summed E-state index contributed by atoms with van der Waals surface area (Å²) in [5, 5.41) is 10.3. The van der Waals surface area contributed by atoms with Crippen molar-refractivity contribution in [2.24, 2.45) is 5.41 Å². The van der Waals surface area contributed by atoms with Crippen molar-refractivity contribution in [3.05, 3.63) is 66.0 Å². The molecule has 0 aliphatic carbocycles. The first-order chi connectivity index (χ1) is 14.2. The summed E-state index contributed by atoms with van der Waals surface area (Å²) in [5.74, 6) is 1.06. The molecular formula is C24H27N3O2. The Kier molecular flexibility index (Phi) is 4.63. The molecule has 3 heterocycles. The van der Waals surface area contributed by atoms with Crippen LogP contribution in [0.1, 0.15) is 37.1 Å². The largest absolute Gasteiger partial charge is 0.396 e. The maximum Gasteiger partial charge on any atom is 0.223 e. The van der Waals surface area contributed by atoms with Crippen molar-refractivity contribution >= 4 is 16.9 Å². The van der Waals surface area contributed by atoms with E-state index < -0.39 is 0 Å². The summed E-state index contributed by atoms with van der Waals surface area (Å²) in [6, 6.07) is 18.7. The van der Waals surface area contributed by atoms with Gasteiger partial charge in [-0.2, -0.15) is 0 Å². The molecule has 2 saturated heterocycles. The van der Waals surface area contributed by atoms with Crippen LogP contribution in [0.4, 0.5) is 0 Å². The number of hydrogen-bond acceptors (Lipinski definition) is 3. The van der Waals surface area contributed by atoms with E-state index in [1.54, 1.807) is 0 Å². The Bertz CT molecular complexity index is 982. The van der Waals surface area contributed by atoms with Crippen molar-refractivity contribution in [1.29, 1.82) is 0 Å². The number of fused-ring (bicyclic) bond motifs is 3. The molecule has 2 bridgehead atoms. The molecule has 5 nitrogen and oxygen atoms in total. The number of imidazole rings is 1. The van der Waals surface area contributed by atoms with E-state index in [0.29, 0.717) is 12.8 Å². The summed E-state index contributed by atoms with van der Waals surface area (Å²) in [6.07, 6.45) is 4.86. The van der Waals surface area contributed by atoms with Gasteiger partial charge in [-0.25, -0.2) is 4.98 Å². The molecule has 2 N–H and O–H groups in total. The highest BCUT2D eigenvalue weighted by Crippen LogP contribution is 2.51. The van der Waals surface area contributed by atoms with Crippen LogP contribution in [-0.2, 0) is 17.6 Å². The van der Waals surface area contributed by atoms with Crippen molar-refractivity contribution in [3.8, 4) is 0 Å². The van der Waals surface area contributed by atoms with Crippen LogP contribution in [0.2, 0.25) is 0 Å². The molecule has 5 heteroatoms. The first kappa shape index (κ1) is 18.4. The number of hydrogen-bond donors (Lipinski definition) is 2. The second-order valence-corrected chi connectivity index (χ2v) is 8.64. The molecule has 0 radical (unpaired) electrons. The van der Waals surface area contributed by atoms with Crippen LogP contribution in [0.15, 0.2) is 54.6 Å². The van der Waals surface area contributed by atoms with Crippen molar-refractivity contribution in [3.63, 3.8) is 0 Å². The summed E-state index contributed by atoms with van der Waals surface area (Å²) in [7, 11) is 0. The van der Waals surface area contributed by atoms with Crippen LogP contribution >= 0.6 is 0 Å². The molecule has 2 aromatic carbocycles. The Morgan fingerprint density at radius 3 is 2.72 bits per heavy atom. The predicted octanol–water partition coefficient (Wildman–Crippen LogP) is 3.48. The zero-order chi connectivity index (χ0) is 19.8. The van der Waals surface area contributed by atoms with E-state index in [4.69, 9.17) is 0 Å². The van der Waals surface area contributed by atoms with E-state index in [0.717, 1.165) is 42.5 Å². The highest BCUT2D eigenvalue weighted by molar-refractivity contribution is 5.79. The molecule has 2 aliphatic heterocycles. The van der Waals surface area contributed by atoms with Crippen LogP contribution in [-0.4, -0.2) is 44.6 Å². The standard InChI is InChI=1S/C24H27N3O2/c28-16-24(14-17-6-2-1-3-7-17)15-18-10-11-21(24)27(18)23(29)13-12-22-25-19-8-4-5-9-20(19)26-22/h1-9,18,21,28H,10-16H2,(H,25,26)/t18-,21+,24-/m0/s1. The third-order valence-electron chi connectivity index (χ3n) is 6.87. The normalized spacial score (nSPS) is 25.8. The minimum Gasteiger partial charge on any atom is -0.396 e. The first-order valence-corrected chi connectivity index (χ1v) is 10.6. The molecule has 3 aromatic rings. The fourth-order valence-electron chi connectivity index (χ4n) is 5.56. The fourth-order valence-corrected chi connectivity index (χ4v) is 5.56. The van der Waals surface area contributed by atoms with Crippen LogP contribution < -0.4 is 0 Å². The number of carbonyl (C=O) groups excluding carboxylic acids is 1. The molecule has 0 spiro atoms. The summed E-state index contributed by atoms with van der Waals surface area (Å²) < 4.78 is 0. The van der Waals surface area contributed by atoms with E-state index in [1.165, 1.54) is 5.56 Å². The van der Waals surface area contributed by atoms with Gasteiger partial charge in [-0.3, -0.25) is 4.79 Å². The molecule has 0 unspecified atom stereocenters. The number of para-hydroxylation sites is 2. The molecule has 150 valence electrons. The van der Waals surface area contributed by atoms with Gasteiger partial charge in [-0.1, -0.05) is 42.5 Å². The number of aromatic nitrogens is 2. The Balaban J connectivity index is 1.30. The van der Waals surface area contributed by atoms with Gasteiger partial charge < -0.3 is 15.0 Å². The van der Waals surface area contributed by atoms with Crippen molar-refractivity contribution in [1.82, 2.24) is 14.9 Å². The maximum atomic E-state index is 13.2. The minimum absolute atomic E-state index is 0.135. The first-order valence-electron chi connectivity index (χ1n) is 10.6. The average molecular weight is 389 g/mol. The Morgan fingerprint density at radius 1 is 1.14 bits per heavy atom. The monoisotopic (exact) mass is 389 g/mol. The smallest absolute Gasteiger partial charge is 0.223 e. The SMILES string of the molecule is O=C(CCc1nc2ccccc2[nH]1)N1[C@H]2CC[C@@H]1[C@@](CO)(Cc1ccccc1)C2. The average Bonchev–Trinajstić information content (AvgIpc) is 3.44. The zero-order valence-electron chi connectivity index (χ0n) is 16.6. The Labute approximate surface area is 170 Å². The molecule has 2 aliphatic rings. The lowest BCUT2D eigenvalue weighted by molar-refractivity contribution is -0.133. The molecule has 5 rings (SSSR count). The van der Waals surface area contributed by atoms with Crippen molar-refractivity contribution in [2.45, 2.75) is 50.6 Å². The van der Waals surface area contributed by atoms with Crippen molar-refractivity contribution < 1.29 is 9.90 Å². The van der Waals surface area contributed by atoms with Crippen LogP contribution in [0.3, 0.4) is 0 Å². The van der Waals surface area contributed by atoms with Crippen LogP contribution in [0.25, 0.3) is 11.0 Å². The highest BCUT2D eigenvalue weighted by atomic mass is 16.3. The number of aliphatic hydroxyl groups is 1. The summed E-state index contributed by atoms with van der Waals surface area (Å²) in [4.78, 5) is 23.2. The number of rotatable bonds is 6. The Morgan fingerprint density at radius 2 is 1.93 bits per heavy atom. The lowest BCUT2D eigenvalue weighted by atomic mass is 9.70. The van der Waals surface area contributed by atoms with Gasteiger partial charge >= 0.3 is 0 Å². The van der Waals surface area contributed by atoms with Gasteiger partial charge in [0.25, 0.3) is 0 Å². The molecule has 29 heavy (non-hydrogen) atoms. The summed E-state index contributed by atoms with van der Waals surface area (Å²) in [5.41, 5.74) is 2.99. The maximum absolute atomic E-state index is 13.2. The van der Waals surface area contributed by atoms with E-state index in [2.05, 4.69) is 27.0 Å². The number of aromatic amines is 1. The topological polar surface area (TPSA) is 69.2 Å². The van der Waals surface area contributed by atoms with Gasteiger partial charge in [0.05, 0.1) is 17.6 Å². The number of amides is 1. The molecular weight excluding hydrogens is 362 g/mol. The molecule has 3 atom stereocenters. The van der Waals surface area contributed by atoms with Gasteiger partial charge in [0.15, 0.2) is 0 Å². The molecule has 1 aromatic heterocycles. The third kappa shape index (κ3) is 3.23. The zero-order valence-corrected chi connectivity index (χ0v) is 16.6. The van der Waals surface area contributed by atoms with Crippen LogP contribution in [0, 0.1) is 5.41 Å². The van der Waals surface area contributed by atoms with Crippen LogP contribution in [0.5, 0.6) is 0 Å². The number of H-pyrrole nitrogens is 1. The van der Waals surface area contributed by atoms with E-state index in [9.17, 15) is 9.90 Å². The predicted molar refractivity (Wildman–Crippen MR) is 112 cm³/mol. The second kappa shape index (κ2) is 7.30. The number of aryl methyl sites for hydroxylation is 1. The third-order valence-corrected chi connectivity index (χ3v) is 6.87.